The molecule has 0 radical (unpaired) electrons. The van der Waals surface area contributed by atoms with Crippen LogP contribution in [0.4, 0.5) is 10.1 Å². The summed E-state index contributed by atoms with van der Waals surface area (Å²) in [5.74, 6) is 0.459. The van der Waals surface area contributed by atoms with Gasteiger partial charge in [-0.15, -0.1) is 0 Å². The number of ether oxygens (including phenoxy) is 1. The molecule has 29 heavy (non-hydrogen) atoms. The van der Waals surface area contributed by atoms with Gasteiger partial charge in [-0.1, -0.05) is 24.3 Å². The maximum absolute atomic E-state index is 13.2. The first-order chi connectivity index (χ1) is 14.2. The Balaban J connectivity index is 1.66. The molecule has 0 saturated heterocycles. The van der Waals surface area contributed by atoms with Crippen LogP contribution >= 0.6 is 0 Å². The quantitative estimate of drug-likeness (QED) is 0.405. The number of anilines is 1. The summed E-state index contributed by atoms with van der Waals surface area (Å²) in [7, 11) is 0. The number of carbonyl (C=O) groups excluding carboxylic acids is 1. The standard InChI is InChI=1S/C24H20FNO3/c1-2-28-19-13-9-17(10-14-19)23(27)24-22(20-5-3-4-6-21(20)29-24)26-15-16-7-11-18(25)12-8-16/h3-14,26H,2,15H2,1H3. The predicted octanol–water partition coefficient (Wildman–Crippen LogP) is 5.81. The minimum atomic E-state index is -0.283. The molecule has 0 saturated carbocycles. The molecule has 4 aromatic rings. The van der Waals surface area contributed by atoms with Gasteiger partial charge in [-0.2, -0.15) is 0 Å². The molecule has 146 valence electrons. The van der Waals surface area contributed by atoms with Gasteiger partial charge in [-0.3, -0.25) is 4.79 Å². The lowest BCUT2D eigenvalue weighted by atomic mass is 10.1. The number of halogens is 1. The topological polar surface area (TPSA) is 51.5 Å². The van der Waals surface area contributed by atoms with Gasteiger partial charge < -0.3 is 14.5 Å². The summed E-state index contributed by atoms with van der Waals surface area (Å²) >= 11 is 0. The van der Waals surface area contributed by atoms with Gasteiger partial charge in [0.05, 0.1) is 12.3 Å². The van der Waals surface area contributed by atoms with Crippen molar-refractivity contribution in [3.05, 3.63) is 95.5 Å². The molecule has 4 rings (SSSR count). The number of carbonyl (C=O) groups is 1. The Morgan fingerprint density at radius 1 is 1.00 bits per heavy atom. The Kier molecular flexibility index (Phi) is 5.29. The number of hydrogen-bond acceptors (Lipinski definition) is 4. The number of rotatable bonds is 7. The maximum atomic E-state index is 13.2. The van der Waals surface area contributed by atoms with E-state index in [-0.39, 0.29) is 17.4 Å². The van der Waals surface area contributed by atoms with E-state index >= 15 is 0 Å². The maximum Gasteiger partial charge on any atom is 0.230 e. The summed E-state index contributed by atoms with van der Waals surface area (Å²) in [4.78, 5) is 13.1. The number of ketones is 1. The van der Waals surface area contributed by atoms with E-state index in [1.54, 1.807) is 36.4 Å². The average molecular weight is 389 g/mol. The van der Waals surface area contributed by atoms with E-state index in [1.807, 2.05) is 31.2 Å². The molecule has 3 aromatic carbocycles. The summed E-state index contributed by atoms with van der Waals surface area (Å²) in [5.41, 5.74) is 2.67. The van der Waals surface area contributed by atoms with Gasteiger partial charge >= 0.3 is 0 Å². The summed E-state index contributed by atoms with van der Waals surface area (Å²) < 4.78 is 24.5. The van der Waals surface area contributed by atoms with Crippen molar-refractivity contribution in [2.45, 2.75) is 13.5 Å². The van der Waals surface area contributed by atoms with E-state index in [0.29, 0.717) is 35.7 Å². The second kappa shape index (κ2) is 8.19. The van der Waals surface area contributed by atoms with Crippen molar-refractivity contribution in [1.29, 1.82) is 0 Å². The molecule has 4 nitrogen and oxygen atoms in total. The number of furan rings is 1. The molecular formula is C24H20FNO3. The summed E-state index contributed by atoms with van der Waals surface area (Å²) in [6.07, 6.45) is 0. The van der Waals surface area contributed by atoms with E-state index in [1.165, 1.54) is 12.1 Å². The summed E-state index contributed by atoms with van der Waals surface area (Å²) in [6.45, 7) is 2.91. The van der Waals surface area contributed by atoms with Crippen LogP contribution in [0, 0.1) is 5.82 Å². The molecule has 1 N–H and O–H groups in total. The molecule has 0 bridgehead atoms. The number of benzene rings is 3. The van der Waals surface area contributed by atoms with Crippen LogP contribution in [0.2, 0.25) is 0 Å². The van der Waals surface area contributed by atoms with Crippen LogP contribution in [0.25, 0.3) is 11.0 Å². The highest BCUT2D eigenvalue weighted by Gasteiger charge is 2.22. The number of hydrogen-bond donors (Lipinski definition) is 1. The third kappa shape index (κ3) is 3.99. The minimum Gasteiger partial charge on any atom is -0.494 e. The van der Waals surface area contributed by atoms with Crippen molar-refractivity contribution in [3.63, 3.8) is 0 Å². The van der Waals surface area contributed by atoms with Crippen molar-refractivity contribution in [2.75, 3.05) is 11.9 Å². The molecule has 0 fully saturated rings. The van der Waals surface area contributed by atoms with E-state index < -0.39 is 0 Å². The van der Waals surface area contributed by atoms with Gasteiger partial charge in [0, 0.05) is 17.5 Å². The highest BCUT2D eigenvalue weighted by atomic mass is 19.1. The molecule has 5 heteroatoms. The fourth-order valence-electron chi connectivity index (χ4n) is 3.17. The van der Waals surface area contributed by atoms with E-state index in [9.17, 15) is 9.18 Å². The van der Waals surface area contributed by atoms with Crippen LogP contribution in [0.5, 0.6) is 5.75 Å². The smallest absolute Gasteiger partial charge is 0.230 e. The van der Waals surface area contributed by atoms with Crippen LogP contribution in [0.1, 0.15) is 28.6 Å². The molecule has 0 atom stereocenters. The second-order valence-electron chi connectivity index (χ2n) is 6.57. The number of para-hydroxylation sites is 1. The molecule has 0 aliphatic rings. The first-order valence-corrected chi connectivity index (χ1v) is 9.43. The van der Waals surface area contributed by atoms with E-state index in [4.69, 9.17) is 9.15 Å². The summed E-state index contributed by atoms with van der Waals surface area (Å²) in [5, 5.41) is 4.12. The number of nitrogens with one attached hydrogen (secondary N) is 1. The SMILES string of the molecule is CCOc1ccc(C(=O)c2oc3ccccc3c2NCc2ccc(F)cc2)cc1. The highest BCUT2D eigenvalue weighted by molar-refractivity contribution is 6.14. The van der Waals surface area contributed by atoms with Gasteiger partial charge in [0.1, 0.15) is 17.1 Å². The molecule has 0 amide bonds. The van der Waals surface area contributed by atoms with Gasteiger partial charge in [0.25, 0.3) is 0 Å². The van der Waals surface area contributed by atoms with Crippen LogP contribution in [-0.2, 0) is 6.54 Å². The normalized spacial score (nSPS) is 10.8. The largest absolute Gasteiger partial charge is 0.494 e. The lowest BCUT2D eigenvalue weighted by Gasteiger charge is -2.08. The van der Waals surface area contributed by atoms with Crippen molar-refractivity contribution in [3.8, 4) is 5.75 Å². The zero-order chi connectivity index (χ0) is 20.2. The third-order valence-electron chi connectivity index (χ3n) is 4.61. The zero-order valence-electron chi connectivity index (χ0n) is 15.9. The van der Waals surface area contributed by atoms with Crippen LogP contribution < -0.4 is 10.1 Å². The molecule has 0 aliphatic heterocycles. The van der Waals surface area contributed by atoms with Crippen LogP contribution in [0.3, 0.4) is 0 Å². The monoisotopic (exact) mass is 389 g/mol. The Labute approximate surface area is 167 Å². The average Bonchev–Trinajstić information content (AvgIpc) is 3.12. The van der Waals surface area contributed by atoms with Crippen molar-refractivity contribution in [2.24, 2.45) is 0 Å². The Morgan fingerprint density at radius 2 is 1.72 bits per heavy atom. The summed E-state index contributed by atoms with van der Waals surface area (Å²) in [6, 6.07) is 20.7. The molecule has 1 aromatic heterocycles. The number of fused-ring (bicyclic) bond motifs is 1. The van der Waals surface area contributed by atoms with Gasteiger partial charge in [0.15, 0.2) is 5.76 Å². The fraction of sp³-hybridized carbons (Fsp3) is 0.125. The minimum absolute atomic E-state index is 0.217. The fourth-order valence-corrected chi connectivity index (χ4v) is 3.17. The van der Waals surface area contributed by atoms with Crippen molar-refractivity contribution < 1.29 is 18.3 Å². The van der Waals surface area contributed by atoms with E-state index in [0.717, 1.165) is 10.9 Å². The van der Waals surface area contributed by atoms with Gasteiger partial charge in [-0.25, -0.2) is 4.39 Å². The molecular weight excluding hydrogens is 369 g/mol. The van der Waals surface area contributed by atoms with Crippen molar-refractivity contribution >= 4 is 22.4 Å². The Morgan fingerprint density at radius 3 is 2.45 bits per heavy atom. The first kappa shape index (κ1) is 18.7. The zero-order valence-corrected chi connectivity index (χ0v) is 15.9. The van der Waals surface area contributed by atoms with Crippen LogP contribution in [-0.4, -0.2) is 12.4 Å². The molecule has 0 spiro atoms. The molecule has 0 aliphatic carbocycles. The van der Waals surface area contributed by atoms with Gasteiger partial charge in [0.2, 0.25) is 5.78 Å². The first-order valence-electron chi connectivity index (χ1n) is 9.43. The molecule has 1 heterocycles. The highest BCUT2D eigenvalue weighted by Crippen LogP contribution is 2.33. The van der Waals surface area contributed by atoms with Crippen molar-refractivity contribution in [1.82, 2.24) is 0 Å². The predicted molar refractivity (Wildman–Crippen MR) is 111 cm³/mol. The second-order valence-corrected chi connectivity index (χ2v) is 6.57. The Hall–Kier alpha value is -3.60. The Bertz CT molecular complexity index is 1130. The molecule has 0 unspecified atom stereocenters. The van der Waals surface area contributed by atoms with E-state index in [2.05, 4.69) is 5.32 Å². The van der Waals surface area contributed by atoms with Gasteiger partial charge in [-0.05, 0) is 61.0 Å². The lowest BCUT2D eigenvalue weighted by Crippen LogP contribution is -2.06. The third-order valence-corrected chi connectivity index (χ3v) is 4.61. The lowest BCUT2D eigenvalue weighted by molar-refractivity contribution is 0.101. The van der Waals surface area contributed by atoms with Crippen LogP contribution in [0.15, 0.2) is 77.2 Å².